The topological polar surface area (TPSA) is 61.4 Å². The van der Waals surface area contributed by atoms with E-state index >= 15 is 0 Å². The number of alkyl halides is 2. The summed E-state index contributed by atoms with van der Waals surface area (Å²) in [6.45, 7) is 5.00. The zero-order valence-electron chi connectivity index (χ0n) is 18.5. The maximum absolute atomic E-state index is 12.7. The minimum Gasteiger partial charge on any atom is -0.433 e. The van der Waals surface area contributed by atoms with Crippen LogP contribution in [-0.4, -0.2) is 81.5 Å². The molecule has 0 aliphatic carbocycles. The van der Waals surface area contributed by atoms with Crippen LogP contribution >= 0.6 is 24.0 Å². The molecule has 0 radical (unpaired) electrons. The molecular formula is C22H34F2IN5O2. The van der Waals surface area contributed by atoms with Crippen LogP contribution in [0.4, 0.5) is 14.5 Å². The highest BCUT2D eigenvalue weighted by Crippen LogP contribution is 2.31. The number of aliphatic imine (C=N–C) groups is 1. The fourth-order valence-corrected chi connectivity index (χ4v) is 4.71. The smallest absolute Gasteiger partial charge is 0.387 e. The molecule has 3 atom stereocenters. The predicted molar refractivity (Wildman–Crippen MR) is 133 cm³/mol. The van der Waals surface area contributed by atoms with Crippen molar-refractivity contribution < 1.29 is 18.3 Å². The Bertz CT molecular complexity index is 757. The molecular weight excluding hydrogens is 531 g/mol. The minimum absolute atomic E-state index is 0. The van der Waals surface area contributed by atoms with E-state index in [4.69, 9.17) is 14.5 Å². The number of nitrogens with one attached hydrogen (secondary N) is 2. The Balaban J connectivity index is 0.00000289. The molecule has 1 aromatic carbocycles. The van der Waals surface area contributed by atoms with Gasteiger partial charge in [-0.3, -0.25) is 9.89 Å². The molecule has 10 heteroatoms. The predicted octanol–water partition coefficient (Wildman–Crippen LogP) is 2.90. The van der Waals surface area contributed by atoms with Crippen LogP contribution < -0.4 is 20.3 Å². The number of hydrogen-bond acceptors (Lipinski definition) is 5. The Morgan fingerprint density at radius 2 is 2.09 bits per heavy atom. The summed E-state index contributed by atoms with van der Waals surface area (Å²) in [6.07, 6.45) is 3.52. The van der Waals surface area contributed by atoms with E-state index in [9.17, 15) is 8.78 Å². The molecule has 0 bridgehead atoms. The second-order valence-electron chi connectivity index (χ2n) is 8.39. The van der Waals surface area contributed by atoms with Gasteiger partial charge < -0.3 is 25.0 Å². The number of ether oxygens (including phenoxy) is 2. The van der Waals surface area contributed by atoms with Crippen LogP contribution in [0.2, 0.25) is 0 Å². The van der Waals surface area contributed by atoms with Crippen LogP contribution in [0.5, 0.6) is 5.75 Å². The van der Waals surface area contributed by atoms with Gasteiger partial charge in [-0.05, 0) is 44.9 Å². The van der Waals surface area contributed by atoms with E-state index in [-0.39, 0.29) is 41.9 Å². The number of rotatable bonds is 7. The van der Waals surface area contributed by atoms with Gasteiger partial charge in [-0.15, -0.1) is 24.0 Å². The zero-order valence-corrected chi connectivity index (χ0v) is 20.8. The molecule has 2 N–H and O–H groups in total. The van der Waals surface area contributed by atoms with Gasteiger partial charge in [0.1, 0.15) is 5.75 Å². The highest BCUT2D eigenvalue weighted by molar-refractivity contribution is 14.0. The molecule has 180 valence electrons. The van der Waals surface area contributed by atoms with Crippen molar-refractivity contribution in [3.63, 3.8) is 0 Å². The van der Waals surface area contributed by atoms with Crippen LogP contribution in [0.1, 0.15) is 26.2 Å². The van der Waals surface area contributed by atoms with Crippen molar-refractivity contribution in [1.29, 1.82) is 0 Å². The summed E-state index contributed by atoms with van der Waals surface area (Å²) < 4.78 is 36.2. The molecule has 3 fully saturated rings. The molecule has 3 saturated heterocycles. The molecule has 4 rings (SSSR count). The van der Waals surface area contributed by atoms with Gasteiger partial charge in [0.25, 0.3) is 0 Å². The Hall–Kier alpha value is -1.40. The Kier molecular flexibility index (Phi) is 9.60. The molecule has 32 heavy (non-hydrogen) atoms. The summed E-state index contributed by atoms with van der Waals surface area (Å²) in [6, 6.07) is 7.73. The summed E-state index contributed by atoms with van der Waals surface area (Å²) in [5.41, 5.74) is 0.699. The third-order valence-electron chi connectivity index (χ3n) is 6.21. The number of halogens is 3. The van der Waals surface area contributed by atoms with Gasteiger partial charge in [0.2, 0.25) is 0 Å². The van der Waals surface area contributed by atoms with Crippen molar-refractivity contribution in [3.8, 4) is 5.75 Å². The summed E-state index contributed by atoms with van der Waals surface area (Å²) in [4.78, 5) is 9.38. The summed E-state index contributed by atoms with van der Waals surface area (Å²) in [5.74, 6) is 0.993. The molecule has 0 aromatic heterocycles. The first-order valence-corrected chi connectivity index (χ1v) is 11.3. The fourth-order valence-electron chi connectivity index (χ4n) is 4.71. The average Bonchev–Trinajstić information content (AvgIpc) is 3.41. The van der Waals surface area contributed by atoms with Gasteiger partial charge >= 0.3 is 6.61 Å². The maximum atomic E-state index is 12.7. The lowest BCUT2D eigenvalue weighted by molar-refractivity contribution is -0.0495. The average molecular weight is 565 g/mol. The first-order chi connectivity index (χ1) is 15.1. The van der Waals surface area contributed by atoms with E-state index in [0.717, 1.165) is 38.6 Å². The molecule has 3 unspecified atom stereocenters. The van der Waals surface area contributed by atoms with Crippen molar-refractivity contribution in [2.75, 3.05) is 50.8 Å². The quantitative estimate of drug-likeness (QED) is 0.302. The van der Waals surface area contributed by atoms with Gasteiger partial charge in [-0.25, -0.2) is 0 Å². The molecule has 0 amide bonds. The number of anilines is 1. The number of morpholine rings is 1. The van der Waals surface area contributed by atoms with Gasteiger partial charge in [0.15, 0.2) is 5.96 Å². The van der Waals surface area contributed by atoms with Gasteiger partial charge in [0.05, 0.1) is 24.9 Å². The number of hydrogen-bond donors (Lipinski definition) is 2. The summed E-state index contributed by atoms with van der Waals surface area (Å²) in [7, 11) is 0. The van der Waals surface area contributed by atoms with E-state index in [1.807, 2.05) is 19.1 Å². The number of para-hydroxylation sites is 2. The number of guanidine groups is 1. The lowest BCUT2D eigenvalue weighted by Crippen LogP contribution is -2.48. The second-order valence-corrected chi connectivity index (χ2v) is 8.39. The molecule has 0 saturated carbocycles. The van der Waals surface area contributed by atoms with Crippen LogP contribution in [-0.2, 0) is 4.74 Å². The molecule has 0 spiro atoms. The Morgan fingerprint density at radius 1 is 1.25 bits per heavy atom. The minimum atomic E-state index is -2.83. The van der Waals surface area contributed by atoms with E-state index in [1.165, 1.54) is 19.4 Å². The van der Waals surface area contributed by atoms with E-state index in [0.29, 0.717) is 24.8 Å². The van der Waals surface area contributed by atoms with E-state index in [2.05, 4.69) is 20.4 Å². The van der Waals surface area contributed by atoms with Crippen molar-refractivity contribution in [3.05, 3.63) is 24.3 Å². The third-order valence-corrected chi connectivity index (χ3v) is 6.21. The van der Waals surface area contributed by atoms with Crippen molar-refractivity contribution >= 4 is 35.6 Å². The standard InChI is InChI=1S/C22H33F2N5O2.HI/c1-2-25-22(26-12-18-14-28-10-5-6-17(28)15-30-18)27-16-9-11-29(13-16)19-7-3-4-8-20(19)31-21(23)24;/h3-4,7-8,16-18,21H,2,5-6,9-15H2,1H3,(H2,25,26,27);1H. The summed E-state index contributed by atoms with van der Waals surface area (Å²) in [5, 5.41) is 6.82. The largest absolute Gasteiger partial charge is 0.433 e. The normalized spacial score (nSPS) is 26.1. The van der Waals surface area contributed by atoms with E-state index < -0.39 is 6.61 Å². The van der Waals surface area contributed by atoms with Gasteiger partial charge in [-0.1, -0.05) is 12.1 Å². The van der Waals surface area contributed by atoms with Crippen LogP contribution in [0.15, 0.2) is 29.3 Å². The SMILES string of the molecule is CCNC(=NCC1CN2CCCC2CO1)NC1CCN(c2ccccc2OC(F)F)C1.I. The lowest BCUT2D eigenvalue weighted by Gasteiger charge is -2.34. The first kappa shape index (κ1) is 25.2. The van der Waals surface area contributed by atoms with Gasteiger partial charge in [-0.2, -0.15) is 8.78 Å². The maximum Gasteiger partial charge on any atom is 0.387 e. The fraction of sp³-hybridized carbons (Fsp3) is 0.682. The summed E-state index contributed by atoms with van der Waals surface area (Å²) >= 11 is 0. The van der Waals surface area contributed by atoms with Gasteiger partial charge in [0, 0.05) is 38.3 Å². The Labute approximate surface area is 205 Å². The molecule has 3 aliphatic heterocycles. The molecule has 3 aliphatic rings. The third kappa shape index (κ3) is 6.57. The van der Waals surface area contributed by atoms with Crippen LogP contribution in [0.25, 0.3) is 0 Å². The number of benzene rings is 1. The van der Waals surface area contributed by atoms with Crippen molar-refractivity contribution in [2.24, 2.45) is 4.99 Å². The highest BCUT2D eigenvalue weighted by Gasteiger charge is 2.32. The monoisotopic (exact) mass is 565 g/mol. The van der Waals surface area contributed by atoms with Crippen LogP contribution in [0.3, 0.4) is 0 Å². The molecule has 7 nitrogen and oxygen atoms in total. The Morgan fingerprint density at radius 3 is 2.91 bits per heavy atom. The molecule has 1 aromatic rings. The number of fused-ring (bicyclic) bond motifs is 1. The molecule has 3 heterocycles. The second kappa shape index (κ2) is 12.2. The first-order valence-electron chi connectivity index (χ1n) is 11.3. The number of nitrogens with zero attached hydrogens (tertiary/aromatic N) is 3. The lowest BCUT2D eigenvalue weighted by atomic mass is 10.2. The van der Waals surface area contributed by atoms with Crippen LogP contribution in [0, 0.1) is 0 Å². The van der Waals surface area contributed by atoms with E-state index in [1.54, 1.807) is 12.1 Å². The van der Waals surface area contributed by atoms with Crippen molar-refractivity contribution in [2.45, 2.75) is 51.0 Å². The van der Waals surface area contributed by atoms with Crippen molar-refractivity contribution in [1.82, 2.24) is 15.5 Å². The highest BCUT2D eigenvalue weighted by atomic mass is 127. The zero-order chi connectivity index (χ0) is 21.6.